The number of hydrogen-bond donors (Lipinski definition) is 2. The molecule has 126 valence electrons. The van der Waals surface area contributed by atoms with Gasteiger partial charge in [-0.15, -0.1) is 24.0 Å². The summed E-state index contributed by atoms with van der Waals surface area (Å²) in [6, 6.07) is 8.66. The summed E-state index contributed by atoms with van der Waals surface area (Å²) in [5, 5.41) is 6.68. The fraction of sp³-hybridized carbons (Fsp3) is 0.588. The summed E-state index contributed by atoms with van der Waals surface area (Å²) in [5.41, 5.74) is 2.56. The lowest BCUT2D eigenvalue weighted by atomic mass is 10.1. The third kappa shape index (κ3) is 9.25. The Morgan fingerprint density at radius 3 is 2.09 bits per heavy atom. The van der Waals surface area contributed by atoms with Crippen molar-refractivity contribution in [1.82, 2.24) is 15.5 Å². The molecule has 0 aromatic heterocycles. The monoisotopic (exact) mass is 418 g/mol. The molecule has 1 aromatic carbocycles. The van der Waals surface area contributed by atoms with Crippen LogP contribution >= 0.6 is 24.0 Å². The minimum absolute atomic E-state index is 0. The second kappa shape index (κ2) is 10.0. The lowest BCUT2D eigenvalue weighted by Gasteiger charge is -2.23. The summed E-state index contributed by atoms with van der Waals surface area (Å²) in [6.07, 6.45) is 0. The van der Waals surface area contributed by atoms with Crippen molar-refractivity contribution in [3.63, 3.8) is 0 Å². The van der Waals surface area contributed by atoms with Gasteiger partial charge in [-0.2, -0.15) is 0 Å². The van der Waals surface area contributed by atoms with E-state index in [1.165, 1.54) is 11.1 Å². The minimum atomic E-state index is 0. The Hall–Kier alpha value is -0.820. The van der Waals surface area contributed by atoms with Gasteiger partial charge in [-0.1, -0.05) is 24.3 Å². The fourth-order valence-corrected chi connectivity index (χ4v) is 1.95. The molecule has 5 heteroatoms. The number of nitrogens with zero attached hydrogens (tertiary/aromatic N) is 2. The molecule has 1 rings (SSSR count). The molecule has 0 amide bonds. The zero-order valence-electron chi connectivity index (χ0n) is 14.7. The van der Waals surface area contributed by atoms with Crippen molar-refractivity contribution in [1.29, 1.82) is 0 Å². The molecular weight excluding hydrogens is 387 g/mol. The SMILES string of the molecule is CCNC(=NCc1ccc(CN(C)C)cc1)NC(C)(C)C.I. The maximum absolute atomic E-state index is 4.64. The van der Waals surface area contributed by atoms with Gasteiger partial charge in [0.15, 0.2) is 5.96 Å². The van der Waals surface area contributed by atoms with E-state index in [4.69, 9.17) is 0 Å². The molecule has 0 fully saturated rings. The molecule has 0 atom stereocenters. The van der Waals surface area contributed by atoms with Gasteiger partial charge >= 0.3 is 0 Å². The molecule has 0 saturated heterocycles. The molecule has 0 aliphatic rings. The van der Waals surface area contributed by atoms with Crippen LogP contribution in [0.5, 0.6) is 0 Å². The number of nitrogens with one attached hydrogen (secondary N) is 2. The molecule has 0 heterocycles. The Bertz CT molecular complexity index is 447. The van der Waals surface area contributed by atoms with Gasteiger partial charge in [0.1, 0.15) is 0 Å². The molecule has 0 unspecified atom stereocenters. The Morgan fingerprint density at radius 1 is 1.09 bits per heavy atom. The van der Waals surface area contributed by atoms with Gasteiger partial charge in [0.05, 0.1) is 6.54 Å². The molecular formula is C17H31IN4. The predicted octanol–water partition coefficient (Wildman–Crippen LogP) is 3.22. The van der Waals surface area contributed by atoms with Crippen LogP contribution in [0.2, 0.25) is 0 Å². The van der Waals surface area contributed by atoms with Crippen LogP contribution in [0.3, 0.4) is 0 Å². The number of halogens is 1. The normalized spacial score (nSPS) is 12.0. The summed E-state index contributed by atoms with van der Waals surface area (Å²) in [7, 11) is 4.16. The van der Waals surface area contributed by atoms with Crippen molar-refractivity contribution >= 4 is 29.9 Å². The largest absolute Gasteiger partial charge is 0.357 e. The van der Waals surface area contributed by atoms with Crippen molar-refractivity contribution in [3.8, 4) is 0 Å². The molecule has 2 N–H and O–H groups in total. The fourth-order valence-electron chi connectivity index (χ4n) is 1.95. The number of guanidine groups is 1. The lowest BCUT2D eigenvalue weighted by Crippen LogP contribution is -2.47. The number of hydrogen-bond acceptors (Lipinski definition) is 2. The number of benzene rings is 1. The average molecular weight is 418 g/mol. The lowest BCUT2D eigenvalue weighted by molar-refractivity contribution is 0.402. The van der Waals surface area contributed by atoms with E-state index in [0.717, 1.165) is 19.0 Å². The number of aliphatic imine (C=N–C) groups is 1. The highest BCUT2D eigenvalue weighted by atomic mass is 127. The van der Waals surface area contributed by atoms with Crippen molar-refractivity contribution in [2.24, 2.45) is 4.99 Å². The van der Waals surface area contributed by atoms with E-state index in [-0.39, 0.29) is 29.5 Å². The van der Waals surface area contributed by atoms with Crippen molar-refractivity contribution in [2.45, 2.75) is 46.3 Å². The third-order valence-electron chi connectivity index (χ3n) is 2.78. The van der Waals surface area contributed by atoms with E-state index in [1.54, 1.807) is 0 Å². The van der Waals surface area contributed by atoms with Crippen LogP contribution in [0, 0.1) is 0 Å². The van der Waals surface area contributed by atoms with Gasteiger partial charge in [-0.05, 0) is 52.9 Å². The first kappa shape index (κ1) is 21.2. The van der Waals surface area contributed by atoms with Gasteiger partial charge < -0.3 is 15.5 Å². The molecule has 0 aliphatic heterocycles. The summed E-state index contributed by atoms with van der Waals surface area (Å²) >= 11 is 0. The van der Waals surface area contributed by atoms with Gasteiger partial charge in [-0.25, -0.2) is 4.99 Å². The molecule has 0 bridgehead atoms. The van der Waals surface area contributed by atoms with E-state index in [9.17, 15) is 0 Å². The zero-order valence-corrected chi connectivity index (χ0v) is 17.1. The standard InChI is InChI=1S/C17H30N4.HI/c1-7-18-16(20-17(2,3)4)19-12-14-8-10-15(11-9-14)13-21(5)6;/h8-11H,7,12-13H2,1-6H3,(H2,18,19,20);1H. The third-order valence-corrected chi connectivity index (χ3v) is 2.78. The first-order valence-corrected chi connectivity index (χ1v) is 7.59. The molecule has 0 radical (unpaired) electrons. The maximum atomic E-state index is 4.64. The highest BCUT2D eigenvalue weighted by Gasteiger charge is 2.11. The Morgan fingerprint density at radius 2 is 1.64 bits per heavy atom. The number of rotatable bonds is 5. The van der Waals surface area contributed by atoms with Crippen LogP contribution < -0.4 is 10.6 Å². The van der Waals surface area contributed by atoms with Crippen LogP contribution in [0.15, 0.2) is 29.3 Å². The first-order valence-electron chi connectivity index (χ1n) is 7.59. The molecule has 1 aromatic rings. The van der Waals surface area contributed by atoms with E-state index in [1.807, 2.05) is 0 Å². The van der Waals surface area contributed by atoms with Crippen molar-refractivity contribution < 1.29 is 0 Å². The van der Waals surface area contributed by atoms with E-state index >= 15 is 0 Å². The predicted molar refractivity (Wildman–Crippen MR) is 107 cm³/mol. The Balaban J connectivity index is 0.00000441. The van der Waals surface area contributed by atoms with Crippen molar-refractivity contribution in [3.05, 3.63) is 35.4 Å². The van der Waals surface area contributed by atoms with Crippen LogP contribution in [-0.4, -0.2) is 37.0 Å². The summed E-state index contributed by atoms with van der Waals surface area (Å²) < 4.78 is 0. The first-order chi connectivity index (χ1) is 9.80. The highest BCUT2D eigenvalue weighted by Crippen LogP contribution is 2.07. The molecule has 0 aliphatic carbocycles. The van der Waals surface area contributed by atoms with Crippen LogP contribution in [0.25, 0.3) is 0 Å². The van der Waals surface area contributed by atoms with Crippen LogP contribution in [0.1, 0.15) is 38.8 Å². The van der Waals surface area contributed by atoms with Gasteiger partial charge in [-0.3, -0.25) is 0 Å². The van der Waals surface area contributed by atoms with Crippen molar-refractivity contribution in [2.75, 3.05) is 20.6 Å². The van der Waals surface area contributed by atoms with Gasteiger partial charge in [0, 0.05) is 18.6 Å². The quantitative estimate of drug-likeness (QED) is 0.438. The van der Waals surface area contributed by atoms with Crippen LogP contribution in [-0.2, 0) is 13.1 Å². The second-order valence-electron chi connectivity index (χ2n) is 6.62. The summed E-state index contributed by atoms with van der Waals surface area (Å²) in [4.78, 5) is 6.81. The van der Waals surface area contributed by atoms with E-state index in [0.29, 0.717) is 6.54 Å². The Kier molecular flexibility index (Phi) is 9.67. The molecule has 0 saturated carbocycles. The van der Waals surface area contributed by atoms with E-state index < -0.39 is 0 Å². The average Bonchev–Trinajstić information content (AvgIpc) is 2.35. The van der Waals surface area contributed by atoms with E-state index in [2.05, 4.69) is 86.6 Å². The highest BCUT2D eigenvalue weighted by molar-refractivity contribution is 14.0. The minimum Gasteiger partial charge on any atom is -0.357 e. The summed E-state index contributed by atoms with van der Waals surface area (Å²) in [5.74, 6) is 0.863. The van der Waals surface area contributed by atoms with Crippen LogP contribution in [0.4, 0.5) is 0 Å². The zero-order chi connectivity index (χ0) is 15.9. The smallest absolute Gasteiger partial charge is 0.191 e. The summed E-state index contributed by atoms with van der Waals surface area (Å²) in [6.45, 7) is 11.0. The molecule has 22 heavy (non-hydrogen) atoms. The van der Waals surface area contributed by atoms with Gasteiger partial charge in [0.25, 0.3) is 0 Å². The topological polar surface area (TPSA) is 39.7 Å². The second-order valence-corrected chi connectivity index (χ2v) is 6.62. The maximum Gasteiger partial charge on any atom is 0.191 e. The Labute approximate surface area is 152 Å². The molecule has 4 nitrogen and oxygen atoms in total. The van der Waals surface area contributed by atoms with Gasteiger partial charge in [0.2, 0.25) is 0 Å². The molecule has 0 spiro atoms.